The number of urea groups is 2. The van der Waals surface area contributed by atoms with E-state index in [1.165, 1.54) is 5.56 Å². The monoisotopic (exact) mass is 428 g/mol. The Bertz CT molecular complexity index is 1190. The maximum absolute atomic E-state index is 12.4. The van der Waals surface area contributed by atoms with E-state index in [1.807, 2.05) is 24.3 Å². The minimum atomic E-state index is -0.465. The summed E-state index contributed by atoms with van der Waals surface area (Å²) in [5.74, 6) is -0.326. The topological polar surface area (TPSA) is 90.5 Å². The molecular formula is C25H24N4O3. The summed E-state index contributed by atoms with van der Waals surface area (Å²) in [5, 5.41) is 8.12. The molecule has 3 aromatic rings. The van der Waals surface area contributed by atoms with Gasteiger partial charge in [-0.1, -0.05) is 54.1 Å². The first-order valence-electron chi connectivity index (χ1n) is 10.3. The number of rotatable bonds is 5. The van der Waals surface area contributed by atoms with E-state index in [2.05, 4.69) is 47.1 Å². The molecule has 0 aromatic heterocycles. The van der Waals surface area contributed by atoms with Crippen LogP contribution in [0.5, 0.6) is 0 Å². The van der Waals surface area contributed by atoms with Crippen LogP contribution in [0, 0.1) is 13.8 Å². The van der Waals surface area contributed by atoms with E-state index < -0.39 is 6.03 Å². The quantitative estimate of drug-likeness (QED) is 0.528. The zero-order valence-electron chi connectivity index (χ0n) is 17.9. The fraction of sp³-hybridized carbons (Fsp3) is 0.160. The van der Waals surface area contributed by atoms with Crippen LogP contribution in [0.2, 0.25) is 0 Å². The molecule has 1 aliphatic heterocycles. The highest BCUT2D eigenvalue weighted by atomic mass is 16.2. The molecule has 0 unspecified atom stereocenters. The molecule has 3 N–H and O–H groups in total. The lowest BCUT2D eigenvalue weighted by atomic mass is 10.0. The molecule has 1 heterocycles. The first kappa shape index (κ1) is 21.1. The lowest BCUT2D eigenvalue weighted by Crippen LogP contribution is -2.32. The standard InChI is InChI=1S/C25H24N4O3/c1-16-5-3-7-19(11-16)20-8-4-6-18(12-20)14-26-24(31)28-21-10-9-17(2)22(13-21)29-23(30)15-27-25(29)32/h3-13H,14-15H2,1-2H3,(H,27,32)(H2,26,28,31). The molecule has 32 heavy (non-hydrogen) atoms. The Kier molecular flexibility index (Phi) is 5.89. The van der Waals surface area contributed by atoms with E-state index in [0.717, 1.165) is 27.2 Å². The van der Waals surface area contributed by atoms with Gasteiger partial charge in [0.25, 0.3) is 5.91 Å². The Labute approximate surface area is 186 Å². The Hall–Kier alpha value is -4.13. The smallest absolute Gasteiger partial charge is 0.329 e. The number of anilines is 2. The Morgan fingerprint density at radius 2 is 1.72 bits per heavy atom. The van der Waals surface area contributed by atoms with Crippen LogP contribution in [0.1, 0.15) is 16.7 Å². The molecule has 7 heteroatoms. The average Bonchev–Trinajstić information content (AvgIpc) is 3.12. The van der Waals surface area contributed by atoms with E-state index in [-0.39, 0.29) is 18.5 Å². The number of hydrogen-bond donors (Lipinski definition) is 3. The van der Waals surface area contributed by atoms with Gasteiger partial charge in [0, 0.05) is 12.2 Å². The van der Waals surface area contributed by atoms with Crippen LogP contribution >= 0.6 is 0 Å². The van der Waals surface area contributed by atoms with Crippen molar-refractivity contribution in [2.24, 2.45) is 0 Å². The number of nitrogens with zero attached hydrogens (tertiary/aromatic N) is 1. The number of nitrogens with one attached hydrogen (secondary N) is 3. The summed E-state index contributed by atoms with van der Waals surface area (Å²) >= 11 is 0. The lowest BCUT2D eigenvalue weighted by molar-refractivity contribution is -0.115. The Balaban J connectivity index is 1.42. The number of imide groups is 1. The minimum absolute atomic E-state index is 0.0297. The Morgan fingerprint density at radius 1 is 0.969 bits per heavy atom. The van der Waals surface area contributed by atoms with Crippen LogP contribution < -0.4 is 20.9 Å². The molecule has 0 aliphatic carbocycles. The first-order chi connectivity index (χ1) is 15.4. The molecule has 7 nitrogen and oxygen atoms in total. The third-order valence-electron chi connectivity index (χ3n) is 5.28. The van der Waals surface area contributed by atoms with Gasteiger partial charge < -0.3 is 16.0 Å². The third kappa shape index (κ3) is 4.62. The molecule has 5 amide bonds. The van der Waals surface area contributed by atoms with Gasteiger partial charge in [0.1, 0.15) is 0 Å². The number of amides is 5. The highest BCUT2D eigenvalue weighted by Gasteiger charge is 2.31. The predicted molar refractivity (Wildman–Crippen MR) is 125 cm³/mol. The van der Waals surface area contributed by atoms with Crippen molar-refractivity contribution in [2.45, 2.75) is 20.4 Å². The zero-order valence-corrected chi connectivity index (χ0v) is 17.9. The summed E-state index contributed by atoms with van der Waals surface area (Å²) < 4.78 is 0. The summed E-state index contributed by atoms with van der Waals surface area (Å²) in [5.41, 5.74) is 6.08. The van der Waals surface area contributed by atoms with Crippen molar-refractivity contribution in [3.05, 3.63) is 83.4 Å². The summed E-state index contributed by atoms with van der Waals surface area (Å²) in [6.07, 6.45) is 0. The van der Waals surface area contributed by atoms with Gasteiger partial charge in [-0.15, -0.1) is 0 Å². The molecule has 0 radical (unpaired) electrons. The van der Waals surface area contributed by atoms with Crippen molar-refractivity contribution < 1.29 is 14.4 Å². The normalized spacial score (nSPS) is 13.1. The first-order valence-corrected chi connectivity index (χ1v) is 10.3. The second kappa shape index (κ2) is 8.93. The molecule has 0 spiro atoms. The van der Waals surface area contributed by atoms with Crippen molar-refractivity contribution >= 4 is 29.3 Å². The van der Waals surface area contributed by atoms with Gasteiger partial charge in [0.2, 0.25) is 0 Å². The molecule has 3 aromatic carbocycles. The van der Waals surface area contributed by atoms with E-state index in [4.69, 9.17) is 0 Å². The second-order valence-corrected chi connectivity index (χ2v) is 7.77. The summed E-state index contributed by atoms with van der Waals surface area (Å²) in [7, 11) is 0. The molecule has 1 fully saturated rings. The van der Waals surface area contributed by atoms with Crippen LogP contribution in [0.3, 0.4) is 0 Å². The minimum Gasteiger partial charge on any atom is -0.334 e. The molecule has 0 saturated carbocycles. The van der Waals surface area contributed by atoms with Gasteiger partial charge in [-0.25, -0.2) is 14.5 Å². The van der Waals surface area contributed by atoms with Crippen molar-refractivity contribution in [3.63, 3.8) is 0 Å². The molecule has 0 atom stereocenters. The number of benzene rings is 3. The summed E-state index contributed by atoms with van der Waals surface area (Å²) in [6.45, 7) is 4.19. The van der Waals surface area contributed by atoms with Gasteiger partial charge in [-0.05, 0) is 54.3 Å². The SMILES string of the molecule is Cc1cccc(-c2cccc(CNC(=O)Nc3ccc(C)c(N4C(=O)CNC4=O)c3)c2)c1. The van der Waals surface area contributed by atoms with Gasteiger partial charge in [-0.2, -0.15) is 0 Å². The highest BCUT2D eigenvalue weighted by Crippen LogP contribution is 2.26. The Morgan fingerprint density at radius 3 is 2.44 bits per heavy atom. The van der Waals surface area contributed by atoms with Gasteiger partial charge in [0.05, 0.1) is 12.2 Å². The van der Waals surface area contributed by atoms with Crippen molar-refractivity contribution in [2.75, 3.05) is 16.8 Å². The van der Waals surface area contributed by atoms with Gasteiger partial charge >= 0.3 is 12.1 Å². The lowest BCUT2D eigenvalue weighted by Gasteiger charge is -2.17. The zero-order chi connectivity index (χ0) is 22.7. The fourth-order valence-electron chi connectivity index (χ4n) is 3.64. The fourth-order valence-corrected chi connectivity index (χ4v) is 3.64. The molecule has 0 bridgehead atoms. The van der Waals surface area contributed by atoms with Gasteiger partial charge in [-0.3, -0.25) is 4.79 Å². The van der Waals surface area contributed by atoms with Gasteiger partial charge in [0.15, 0.2) is 0 Å². The number of carbonyl (C=O) groups excluding carboxylic acids is 3. The molecule has 162 valence electrons. The van der Waals surface area contributed by atoms with Crippen molar-refractivity contribution in [1.29, 1.82) is 0 Å². The maximum Gasteiger partial charge on any atom is 0.329 e. The molecule has 1 saturated heterocycles. The van der Waals surface area contributed by atoms with E-state index in [9.17, 15) is 14.4 Å². The summed E-state index contributed by atoms with van der Waals surface area (Å²) in [4.78, 5) is 37.5. The molecule has 4 rings (SSSR count). The second-order valence-electron chi connectivity index (χ2n) is 7.77. The van der Waals surface area contributed by atoms with Crippen molar-refractivity contribution in [1.82, 2.24) is 10.6 Å². The molecule has 1 aliphatic rings. The van der Waals surface area contributed by atoms with Crippen LogP contribution in [0.15, 0.2) is 66.7 Å². The highest BCUT2D eigenvalue weighted by molar-refractivity contribution is 6.20. The van der Waals surface area contributed by atoms with E-state index in [0.29, 0.717) is 17.9 Å². The maximum atomic E-state index is 12.4. The van der Waals surface area contributed by atoms with Crippen molar-refractivity contribution in [3.8, 4) is 11.1 Å². The van der Waals surface area contributed by atoms with E-state index >= 15 is 0 Å². The average molecular weight is 428 g/mol. The van der Waals surface area contributed by atoms with Crippen LogP contribution in [0.25, 0.3) is 11.1 Å². The number of hydrogen-bond acceptors (Lipinski definition) is 3. The predicted octanol–water partition coefficient (Wildman–Crippen LogP) is 4.35. The van der Waals surface area contributed by atoms with Crippen LogP contribution in [0.4, 0.5) is 21.0 Å². The largest absolute Gasteiger partial charge is 0.334 e. The number of aryl methyl sites for hydroxylation is 2. The van der Waals surface area contributed by atoms with Crippen LogP contribution in [-0.4, -0.2) is 24.5 Å². The third-order valence-corrected chi connectivity index (χ3v) is 5.28. The van der Waals surface area contributed by atoms with Crippen LogP contribution in [-0.2, 0) is 11.3 Å². The molecular weight excluding hydrogens is 404 g/mol. The number of carbonyl (C=O) groups is 3. The summed E-state index contributed by atoms with van der Waals surface area (Å²) in [6, 6.07) is 20.6. The van der Waals surface area contributed by atoms with E-state index in [1.54, 1.807) is 25.1 Å².